The van der Waals surface area contributed by atoms with Crippen LogP contribution in [0.3, 0.4) is 0 Å². The fourth-order valence-corrected chi connectivity index (χ4v) is 2.44. The Kier molecular flexibility index (Phi) is 4.50. The second-order valence-corrected chi connectivity index (χ2v) is 5.97. The Labute approximate surface area is 129 Å². The van der Waals surface area contributed by atoms with E-state index in [2.05, 4.69) is 21.2 Å². The quantitative estimate of drug-likeness (QED) is 0.833. The zero-order chi connectivity index (χ0) is 14.9. The molecule has 0 aliphatic heterocycles. The average molecular weight is 360 g/mol. The summed E-state index contributed by atoms with van der Waals surface area (Å²) >= 11 is 9.14. The third-order valence-corrected chi connectivity index (χ3v) is 3.45. The molecule has 0 fully saturated rings. The van der Waals surface area contributed by atoms with E-state index in [9.17, 15) is 9.18 Å². The lowest BCUT2D eigenvalue weighted by Crippen LogP contribution is -2.18. The van der Waals surface area contributed by atoms with Gasteiger partial charge in [0.25, 0.3) is 5.91 Å². The first kappa shape index (κ1) is 15.1. The first-order valence-corrected chi connectivity index (χ1v) is 7.19. The van der Waals surface area contributed by atoms with Crippen LogP contribution in [0.1, 0.15) is 30.4 Å². The van der Waals surface area contributed by atoms with Gasteiger partial charge in [-0.3, -0.25) is 4.79 Å². The van der Waals surface area contributed by atoms with Crippen LogP contribution in [0.5, 0.6) is 0 Å². The minimum Gasteiger partial charge on any atom is -0.340 e. The van der Waals surface area contributed by atoms with Crippen molar-refractivity contribution in [3.8, 4) is 0 Å². The third kappa shape index (κ3) is 3.22. The Balaban J connectivity index is 2.31. The number of hydrogen-bond acceptors (Lipinski definition) is 1. The molecular formula is C14H13BrClFN2O. The summed E-state index contributed by atoms with van der Waals surface area (Å²) in [5, 5.41) is 2.90. The average Bonchev–Trinajstić information content (AvgIpc) is 2.76. The molecular weight excluding hydrogens is 347 g/mol. The molecule has 20 heavy (non-hydrogen) atoms. The highest BCUT2D eigenvalue weighted by atomic mass is 79.9. The number of hydrogen-bond donors (Lipinski definition) is 1. The predicted molar refractivity (Wildman–Crippen MR) is 81.9 cm³/mol. The molecule has 1 heterocycles. The van der Waals surface area contributed by atoms with Crippen LogP contribution >= 0.6 is 27.5 Å². The highest BCUT2D eigenvalue weighted by Crippen LogP contribution is 2.23. The maximum Gasteiger partial charge on any atom is 0.272 e. The molecule has 2 rings (SSSR count). The number of nitrogens with one attached hydrogen (secondary N) is 1. The Hall–Kier alpha value is -1.33. The minimum absolute atomic E-state index is 0.0649. The van der Waals surface area contributed by atoms with Gasteiger partial charge in [0.2, 0.25) is 0 Å². The van der Waals surface area contributed by atoms with E-state index in [1.807, 2.05) is 24.6 Å². The smallest absolute Gasteiger partial charge is 0.272 e. The van der Waals surface area contributed by atoms with Crippen molar-refractivity contribution in [2.24, 2.45) is 0 Å². The van der Waals surface area contributed by atoms with Crippen molar-refractivity contribution in [2.75, 3.05) is 5.32 Å². The van der Waals surface area contributed by atoms with Crippen LogP contribution in [-0.4, -0.2) is 10.5 Å². The number of rotatable bonds is 3. The van der Waals surface area contributed by atoms with Gasteiger partial charge in [-0.15, -0.1) is 0 Å². The van der Waals surface area contributed by atoms with Crippen molar-refractivity contribution in [1.82, 2.24) is 4.57 Å². The fourth-order valence-electron chi connectivity index (χ4n) is 1.83. The Morgan fingerprint density at radius 3 is 2.75 bits per heavy atom. The summed E-state index contributed by atoms with van der Waals surface area (Å²) in [6.45, 7) is 3.92. The molecule has 1 amide bonds. The molecule has 0 aliphatic carbocycles. The first-order valence-electron chi connectivity index (χ1n) is 6.02. The Bertz CT molecular complexity index is 655. The van der Waals surface area contributed by atoms with E-state index in [4.69, 9.17) is 11.6 Å². The SMILES string of the molecule is CC(C)n1cc(Br)cc1C(=O)Nc1cc(Cl)ccc1F. The van der Waals surface area contributed by atoms with Crippen LogP contribution in [-0.2, 0) is 0 Å². The molecule has 0 atom stereocenters. The van der Waals surface area contributed by atoms with Crippen LogP contribution < -0.4 is 5.32 Å². The monoisotopic (exact) mass is 358 g/mol. The number of nitrogens with zero attached hydrogens (tertiary/aromatic N) is 1. The summed E-state index contributed by atoms with van der Waals surface area (Å²) in [5.41, 5.74) is 0.515. The van der Waals surface area contributed by atoms with E-state index in [1.54, 1.807) is 6.07 Å². The molecule has 0 radical (unpaired) electrons. The Morgan fingerprint density at radius 2 is 2.10 bits per heavy atom. The summed E-state index contributed by atoms with van der Waals surface area (Å²) in [4.78, 5) is 12.3. The van der Waals surface area contributed by atoms with Gasteiger partial charge in [0.1, 0.15) is 11.5 Å². The van der Waals surface area contributed by atoms with Gasteiger partial charge in [0.15, 0.2) is 0 Å². The third-order valence-electron chi connectivity index (χ3n) is 2.78. The highest BCUT2D eigenvalue weighted by Gasteiger charge is 2.16. The van der Waals surface area contributed by atoms with Gasteiger partial charge in [-0.2, -0.15) is 0 Å². The molecule has 0 saturated carbocycles. The van der Waals surface area contributed by atoms with Crippen molar-refractivity contribution in [2.45, 2.75) is 19.9 Å². The first-order chi connectivity index (χ1) is 9.38. The molecule has 106 valence electrons. The minimum atomic E-state index is -0.524. The number of carbonyl (C=O) groups excluding carboxylic acids is 1. The van der Waals surface area contributed by atoms with Crippen LogP contribution in [0.15, 0.2) is 34.9 Å². The maximum atomic E-state index is 13.6. The van der Waals surface area contributed by atoms with E-state index in [1.165, 1.54) is 18.2 Å². The lowest BCUT2D eigenvalue weighted by molar-refractivity contribution is 0.101. The molecule has 0 spiro atoms. The number of carbonyl (C=O) groups is 1. The normalized spacial score (nSPS) is 10.9. The summed E-state index contributed by atoms with van der Waals surface area (Å²) < 4.78 is 16.2. The van der Waals surface area contributed by atoms with E-state index < -0.39 is 5.82 Å². The summed E-state index contributed by atoms with van der Waals surface area (Å²) in [7, 11) is 0. The van der Waals surface area contributed by atoms with Crippen LogP contribution in [0.25, 0.3) is 0 Å². The molecule has 0 bridgehead atoms. The summed E-state index contributed by atoms with van der Waals surface area (Å²) in [5.74, 6) is -0.907. The van der Waals surface area contributed by atoms with Gasteiger partial charge >= 0.3 is 0 Å². The largest absolute Gasteiger partial charge is 0.340 e. The van der Waals surface area contributed by atoms with Crippen LogP contribution in [0.4, 0.5) is 10.1 Å². The van der Waals surface area contributed by atoms with Crippen molar-refractivity contribution >= 4 is 39.1 Å². The topological polar surface area (TPSA) is 34.0 Å². The number of benzene rings is 1. The zero-order valence-corrected chi connectivity index (χ0v) is 13.3. The van der Waals surface area contributed by atoms with Gasteiger partial charge in [-0.1, -0.05) is 11.6 Å². The van der Waals surface area contributed by atoms with Gasteiger partial charge in [-0.25, -0.2) is 4.39 Å². The van der Waals surface area contributed by atoms with Gasteiger partial charge < -0.3 is 9.88 Å². The van der Waals surface area contributed by atoms with E-state index in [0.717, 1.165) is 4.47 Å². The molecule has 1 aromatic carbocycles. The second-order valence-electron chi connectivity index (χ2n) is 4.62. The van der Waals surface area contributed by atoms with E-state index in [0.29, 0.717) is 10.7 Å². The van der Waals surface area contributed by atoms with Crippen molar-refractivity contribution in [3.63, 3.8) is 0 Å². The number of aromatic nitrogens is 1. The van der Waals surface area contributed by atoms with Crippen LogP contribution in [0, 0.1) is 5.82 Å². The molecule has 1 N–H and O–H groups in total. The van der Waals surface area contributed by atoms with Crippen molar-refractivity contribution < 1.29 is 9.18 Å². The molecule has 2 aromatic rings. The van der Waals surface area contributed by atoms with Gasteiger partial charge in [-0.05, 0) is 54.0 Å². The Morgan fingerprint density at radius 1 is 1.40 bits per heavy atom. The highest BCUT2D eigenvalue weighted by molar-refractivity contribution is 9.10. The second kappa shape index (κ2) is 5.97. The summed E-state index contributed by atoms with van der Waals surface area (Å²) in [6, 6.07) is 5.84. The maximum absolute atomic E-state index is 13.6. The van der Waals surface area contributed by atoms with Crippen molar-refractivity contribution in [1.29, 1.82) is 0 Å². The van der Waals surface area contributed by atoms with Gasteiger partial charge in [0.05, 0.1) is 5.69 Å². The molecule has 3 nitrogen and oxygen atoms in total. The van der Waals surface area contributed by atoms with E-state index in [-0.39, 0.29) is 17.6 Å². The molecule has 6 heteroatoms. The van der Waals surface area contributed by atoms with Crippen LogP contribution in [0.2, 0.25) is 5.02 Å². The zero-order valence-electron chi connectivity index (χ0n) is 11.0. The number of amides is 1. The standard InChI is InChI=1S/C14H13BrClFN2O/c1-8(2)19-7-9(15)5-13(19)14(20)18-12-6-10(16)3-4-11(12)17/h3-8H,1-2H3,(H,18,20). The van der Waals surface area contributed by atoms with Gasteiger partial charge in [0, 0.05) is 21.7 Å². The number of halogens is 3. The number of anilines is 1. The molecule has 1 aromatic heterocycles. The molecule has 0 aliphatic rings. The summed E-state index contributed by atoms with van der Waals surface area (Å²) in [6.07, 6.45) is 1.81. The molecule has 0 saturated heterocycles. The van der Waals surface area contributed by atoms with E-state index >= 15 is 0 Å². The lowest BCUT2D eigenvalue weighted by Gasteiger charge is -2.13. The molecule has 0 unspecified atom stereocenters. The lowest BCUT2D eigenvalue weighted by atomic mass is 10.3. The fraction of sp³-hybridized carbons (Fsp3) is 0.214. The van der Waals surface area contributed by atoms with Crippen molar-refractivity contribution in [3.05, 3.63) is 51.5 Å². The predicted octanol–water partition coefficient (Wildman–Crippen LogP) is 4.88.